The fourth-order valence-corrected chi connectivity index (χ4v) is 3.34. The zero-order valence-electron chi connectivity index (χ0n) is 15.6. The highest BCUT2D eigenvalue weighted by Gasteiger charge is 2.31. The molecule has 2 heterocycles. The highest BCUT2D eigenvalue weighted by Crippen LogP contribution is 2.28. The van der Waals surface area contributed by atoms with E-state index >= 15 is 0 Å². The molecule has 0 fully saturated rings. The van der Waals surface area contributed by atoms with Crippen molar-refractivity contribution in [3.05, 3.63) is 47.3 Å². The third-order valence-corrected chi connectivity index (χ3v) is 4.78. The zero-order chi connectivity index (χ0) is 17.6. The summed E-state index contributed by atoms with van der Waals surface area (Å²) < 4.78 is 8.09. The summed E-state index contributed by atoms with van der Waals surface area (Å²) in [5.74, 6) is 0. The number of hydrogen-bond acceptors (Lipinski definition) is 5. The maximum Gasteiger partial charge on any atom is 0.105 e. The molecule has 0 bridgehead atoms. The maximum atomic E-state index is 6.06. The van der Waals surface area contributed by atoms with E-state index in [9.17, 15) is 0 Å². The molecule has 1 aliphatic rings. The number of ether oxygens (including phenoxy) is 1. The topological polar surface area (TPSA) is 46.4 Å². The standard InChI is InChI=1S/C19H29N5O/c1-4-24-17-10-11-23(13-12-22(2)3)18(19(17)20-21-24)15-25-14-16-8-6-5-7-9-16/h5-9,18H,4,10-15H2,1-3H3. The third kappa shape index (κ3) is 4.45. The lowest BCUT2D eigenvalue weighted by atomic mass is 10.0. The van der Waals surface area contributed by atoms with Gasteiger partial charge in [-0.3, -0.25) is 4.90 Å². The number of hydrogen-bond donors (Lipinski definition) is 0. The Morgan fingerprint density at radius 3 is 2.76 bits per heavy atom. The molecule has 0 saturated heterocycles. The van der Waals surface area contributed by atoms with Gasteiger partial charge in [0.15, 0.2) is 0 Å². The van der Waals surface area contributed by atoms with E-state index in [0.29, 0.717) is 13.2 Å². The minimum absolute atomic E-state index is 0.188. The molecule has 6 heteroatoms. The lowest BCUT2D eigenvalue weighted by Gasteiger charge is -2.35. The largest absolute Gasteiger partial charge is 0.375 e. The molecule has 2 aromatic rings. The first-order valence-electron chi connectivity index (χ1n) is 9.11. The van der Waals surface area contributed by atoms with Crippen molar-refractivity contribution in [1.29, 1.82) is 0 Å². The molecule has 25 heavy (non-hydrogen) atoms. The Kier molecular flexibility index (Phi) is 6.18. The van der Waals surface area contributed by atoms with Crippen molar-refractivity contribution in [3.63, 3.8) is 0 Å². The number of aromatic nitrogens is 3. The van der Waals surface area contributed by atoms with Gasteiger partial charge in [-0.2, -0.15) is 0 Å². The molecule has 0 N–H and O–H groups in total. The molecule has 1 aliphatic heterocycles. The van der Waals surface area contributed by atoms with Crippen molar-refractivity contribution < 1.29 is 4.74 Å². The first kappa shape index (κ1) is 18.0. The molecular formula is C19H29N5O. The predicted octanol–water partition coefficient (Wildman–Crippen LogP) is 1.98. The second-order valence-corrected chi connectivity index (χ2v) is 6.84. The van der Waals surface area contributed by atoms with Crippen LogP contribution in [0.25, 0.3) is 0 Å². The van der Waals surface area contributed by atoms with Crippen LogP contribution >= 0.6 is 0 Å². The quantitative estimate of drug-likeness (QED) is 0.733. The average molecular weight is 343 g/mol. The Hall–Kier alpha value is -1.76. The fourth-order valence-electron chi connectivity index (χ4n) is 3.34. The van der Waals surface area contributed by atoms with Crippen LogP contribution < -0.4 is 0 Å². The molecule has 0 amide bonds. The minimum atomic E-state index is 0.188. The second kappa shape index (κ2) is 8.56. The van der Waals surface area contributed by atoms with Crippen LogP contribution in [-0.2, 0) is 24.3 Å². The van der Waals surface area contributed by atoms with Gasteiger partial charge < -0.3 is 9.64 Å². The van der Waals surface area contributed by atoms with Crippen LogP contribution in [0.5, 0.6) is 0 Å². The predicted molar refractivity (Wildman–Crippen MR) is 98.4 cm³/mol. The van der Waals surface area contributed by atoms with E-state index in [1.807, 2.05) is 22.9 Å². The summed E-state index contributed by atoms with van der Waals surface area (Å²) in [5, 5.41) is 8.83. The Labute approximate surface area is 150 Å². The first-order valence-corrected chi connectivity index (χ1v) is 9.11. The Morgan fingerprint density at radius 2 is 2.04 bits per heavy atom. The summed E-state index contributed by atoms with van der Waals surface area (Å²) in [6.45, 7) is 7.37. The van der Waals surface area contributed by atoms with Crippen molar-refractivity contribution in [2.45, 2.75) is 32.5 Å². The van der Waals surface area contributed by atoms with Gasteiger partial charge in [0.1, 0.15) is 5.69 Å². The summed E-state index contributed by atoms with van der Waals surface area (Å²) in [5.41, 5.74) is 3.58. The Morgan fingerprint density at radius 1 is 1.24 bits per heavy atom. The van der Waals surface area contributed by atoms with Gasteiger partial charge in [0.05, 0.1) is 24.9 Å². The van der Waals surface area contributed by atoms with E-state index in [1.165, 1.54) is 11.3 Å². The van der Waals surface area contributed by atoms with Gasteiger partial charge in [-0.25, -0.2) is 4.68 Å². The molecule has 0 spiro atoms. The summed E-state index contributed by atoms with van der Waals surface area (Å²) >= 11 is 0. The summed E-state index contributed by atoms with van der Waals surface area (Å²) in [6, 6.07) is 10.5. The van der Waals surface area contributed by atoms with Gasteiger partial charge in [-0.1, -0.05) is 35.5 Å². The van der Waals surface area contributed by atoms with Crippen molar-refractivity contribution in [2.24, 2.45) is 0 Å². The van der Waals surface area contributed by atoms with E-state index in [0.717, 1.165) is 38.3 Å². The van der Waals surface area contributed by atoms with Gasteiger partial charge in [-0.15, -0.1) is 5.10 Å². The number of fused-ring (bicyclic) bond motifs is 1. The smallest absolute Gasteiger partial charge is 0.105 e. The van der Waals surface area contributed by atoms with E-state index < -0.39 is 0 Å². The van der Waals surface area contributed by atoms with Gasteiger partial charge >= 0.3 is 0 Å². The van der Waals surface area contributed by atoms with Crippen LogP contribution in [0.4, 0.5) is 0 Å². The molecule has 1 aromatic carbocycles. The monoisotopic (exact) mass is 343 g/mol. The van der Waals surface area contributed by atoms with Crippen LogP contribution in [0.3, 0.4) is 0 Å². The molecule has 3 rings (SSSR count). The number of benzene rings is 1. The van der Waals surface area contributed by atoms with Crippen molar-refractivity contribution in [2.75, 3.05) is 40.3 Å². The Balaban J connectivity index is 1.69. The van der Waals surface area contributed by atoms with Crippen LogP contribution in [-0.4, -0.2) is 65.1 Å². The van der Waals surface area contributed by atoms with E-state index in [4.69, 9.17) is 4.74 Å². The van der Waals surface area contributed by atoms with Gasteiger partial charge in [-0.05, 0) is 26.6 Å². The molecule has 0 aliphatic carbocycles. The van der Waals surface area contributed by atoms with Crippen molar-refractivity contribution >= 4 is 0 Å². The molecular weight excluding hydrogens is 314 g/mol. The van der Waals surface area contributed by atoms with Crippen LogP contribution in [0.15, 0.2) is 30.3 Å². The molecule has 1 unspecified atom stereocenters. The van der Waals surface area contributed by atoms with Crippen LogP contribution in [0, 0.1) is 0 Å². The number of aryl methyl sites for hydroxylation is 1. The van der Waals surface area contributed by atoms with Crippen molar-refractivity contribution in [1.82, 2.24) is 24.8 Å². The number of likely N-dealkylation sites (N-methyl/N-ethyl adjacent to an activating group) is 1. The van der Waals surface area contributed by atoms with Gasteiger partial charge in [0.25, 0.3) is 0 Å². The number of nitrogens with zero attached hydrogens (tertiary/aromatic N) is 5. The van der Waals surface area contributed by atoms with E-state index in [-0.39, 0.29) is 6.04 Å². The SMILES string of the molecule is CCn1nnc2c1CCN(CCN(C)C)C2COCc1ccccc1. The zero-order valence-corrected chi connectivity index (χ0v) is 15.6. The number of rotatable bonds is 8. The summed E-state index contributed by atoms with van der Waals surface area (Å²) in [7, 11) is 4.23. The van der Waals surface area contributed by atoms with E-state index in [1.54, 1.807) is 0 Å². The lowest BCUT2D eigenvalue weighted by Crippen LogP contribution is -2.41. The molecule has 0 saturated carbocycles. The minimum Gasteiger partial charge on any atom is -0.375 e. The van der Waals surface area contributed by atoms with E-state index in [2.05, 4.69) is 53.3 Å². The first-order chi connectivity index (χ1) is 12.2. The highest BCUT2D eigenvalue weighted by molar-refractivity contribution is 5.19. The fraction of sp³-hybridized carbons (Fsp3) is 0.579. The van der Waals surface area contributed by atoms with Crippen LogP contribution in [0.1, 0.15) is 29.9 Å². The maximum absolute atomic E-state index is 6.06. The summed E-state index contributed by atoms with van der Waals surface area (Å²) in [4.78, 5) is 4.71. The van der Waals surface area contributed by atoms with Crippen LogP contribution in [0.2, 0.25) is 0 Å². The Bertz CT molecular complexity index is 655. The molecule has 136 valence electrons. The third-order valence-electron chi connectivity index (χ3n) is 4.78. The molecule has 1 aromatic heterocycles. The molecule has 6 nitrogen and oxygen atoms in total. The van der Waals surface area contributed by atoms with Gasteiger partial charge in [0, 0.05) is 32.6 Å². The van der Waals surface area contributed by atoms with Gasteiger partial charge in [0.2, 0.25) is 0 Å². The normalized spacial score (nSPS) is 17.8. The second-order valence-electron chi connectivity index (χ2n) is 6.84. The highest BCUT2D eigenvalue weighted by atomic mass is 16.5. The molecule has 1 atom stereocenters. The van der Waals surface area contributed by atoms with Crippen molar-refractivity contribution in [3.8, 4) is 0 Å². The lowest BCUT2D eigenvalue weighted by molar-refractivity contribution is 0.0399. The average Bonchev–Trinajstić information content (AvgIpc) is 3.05. The molecule has 0 radical (unpaired) electrons. The summed E-state index contributed by atoms with van der Waals surface area (Å²) in [6.07, 6.45) is 1.01.